The predicted molar refractivity (Wildman–Crippen MR) is 86.8 cm³/mol. The summed E-state index contributed by atoms with van der Waals surface area (Å²) in [4.78, 5) is 13.6. The maximum Gasteiger partial charge on any atom is 0.417 e. The van der Waals surface area contributed by atoms with Crippen LogP contribution in [0.5, 0.6) is 11.5 Å². The van der Waals surface area contributed by atoms with Crippen LogP contribution in [0.1, 0.15) is 11.1 Å². The summed E-state index contributed by atoms with van der Waals surface area (Å²) in [6, 6.07) is 2.99. The van der Waals surface area contributed by atoms with E-state index in [-0.39, 0.29) is 22.2 Å². The smallest absolute Gasteiger partial charge is 0.417 e. The molecule has 12 heteroatoms. The van der Waals surface area contributed by atoms with Gasteiger partial charge in [0.05, 0.1) is 28.8 Å². The first-order chi connectivity index (χ1) is 12.1. The standard InChI is InChI=1S/C14H10ClF3N4O4/c1-26-11-3-7(2-10(12(11)23)22(24)25)5-20-21-13-9(15)4-8(6-19-13)14(16,17)18/h2-6,23H,1H3,(H,19,21)/b20-5-. The van der Waals surface area contributed by atoms with Gasteiger partial charge in [-0.15, -0.1) is 0 Å². The number of phenols is 1. The third-order valence-corrected chi connectivity index (χ3v) is 3.33. The van der Waals surface area contributed by atoms with E-state index in [0.29, 0.717) is 12.3 Å². The summed E-state index contributed by atoms with van der Waals surface area (Å²) >= 11 is 5.71. The zero-order chi connectivity index (χ0) is 19.5. The fourth-order valence-corrected chi connectivity index (χ4v) is 2.03. The number of hydrogen-bond acceptors (Lipinski definition) is 7. The number of benzene rings is 1. The van der Waals surface area contributed by atoms with E-state index in [1.165, 1.54) is 13.2 Å². The fraction of sp³-hybridized carbons (Fsp3) is 0.143. The lowest BCUT2D eigenvalue weighted by molar-refractivity contribution is -0.386. The number of aromatic hydroxyl groups is 1. The Morgan fingerprint density at radius 1 is 1.42 bits per heavy atom. The van der Waals surface area contributed by atoms with Crippen molar-refractivity contribution in [3.63, 3.8) is 0 Å². The van der Waals surface area contributed by atoms with Crippen LogP contribution in [0.3, 0.4) is 0 Å². The molecule has 0 saturated heterocycles. The van der Waals surface area contributed by atoms with Crippen molar-refractivity contribution in [2.75, 3.05) is 12.5 Å². The molecule has 0 atom stereocenters. The fourth-order valence-electron chi connectivity index (χ4n) is 1.83. The molecule has 0 aliphatic heterocycles. The van der Waals surface area contributed by atoms with Gasteiger partial charge in [-0.2, -0.15) is 18.3 Å². The molecular weight excluding hydrogens is 381 g/mol. The van der Waals surface area contributed by atoms with Crippen LogP contribution < -0.4 is 10.2 Å². The van der Waals surface area contributed by atoms with Gasteiger partial charge in [-0.25, -0.2) is 4.98 Å². The molecule has 0 spiro atoms. The van der Waals surface area contributed by atoms with E-state index in [1.807, 2.05) is 0 Å². The quantitative estimate of drug-likeness (QED) is 0.456. The summed E-state index contributed by atoms with van der Waals surface area (Å²) in [5, 5.41) is 24.0. The van der Waals surface area contributed by atoms with Gasteiger partial charge in [0.25, 0.3) is 0 Å². The zero-order valence-corrected chi connectivity index (χ0v) is 13.7. The topological polar surface area (TPSA) is 110 Å². The summed E-state index contributed by atoms with van der Waals surface area (Å²) in [5.74, 6) is -0.933. The molecule has 2 aromatic rings. The summed E-state index contributed by atoms with van der Waals surface area (Å²) in [6.07, 6.45) is -2.89. The monoisotopic (exact) mass is 390 g/mol. The van der Waals surface area contributed by atoms with Gasteiger partial charge >= 0.3 is 11.9 Å². The minimum absolute atomic E-state index is 0.142. The van der Waals surface area contributed by atoms with Crippen LogP contribution in [0.25, 0.3) is 0 Å². The number of methoxy groups -OCH3 is 1. The molecule has 1 heterocycles. The Labute approximate surface area is 149 Å². The van der Waals surface area contributed by atoms with Gasteiger partial charge in [0, 0.05) is 17.8 Å². The van der Waals surface area contributed by atoms with Crippen molar-refractivity contribution < 1.29 is 27.9 Å². The number of aromatic nitrogens is 1. The molecule has 0 radical (unpaired) electrons. The number of nitrogens with zero attached hydrogens (tertiary/aromatic N) is 3. The molecule has 0 fully saturated rings. The molecule has 0 amide bonds. The highest BCUT2D eigenvalue weighted by molar-refractivity contribution is 6.32. The van der Waals surface area contributed by atoms with Crippen LogP contribution in [0.15, 0.2) is 29.5 Å². The molecule has 2 rings (SSSR count). The molecule has 0 unspecified atom stereocenters. The Bertz CT molecular complexity index is 874. The SMILES string of the molecule is COc1cc(/C=N\Nc2ncc(C(F)(F)F)cc2Cl)cc([N+](=O)[O-])c1O. The maximum atomic E-state index is 12.5. The van der Waals surface area contributed by atoms with Crippen molar-refractivity contribution in [3.8, 4) is 11.5 Å². The summed E-state index contributed by atoms with van der Waals surface area (Å²) < 4.78 is 42.5. The molecule has 0 aliphatic carbocycles. The number of rotatable bonds is 5. The second-order valence-corrected chi connectivity index (χ2v) is 5.18. The number of hydrogen-bond donors (Lipinski definition) is 2. The number of alkyl halides is 3. The van der Waals surface area contributed by atoms with Gasteiger partial charge in [0.2, 0.25) is 5.75 Å². The number of ether oxygens (including phenoxy) is 1. The lowest BCUT2D eigenvalue weighted by Gasteiger charge is -2.08. The number of nitro benzene ring substituents is 1. The van der Waals surface area contributed by atoms with E-state index in [1.54, 1.807) is 0 Å². The van der Waals surface area contributed by atoms with Crippen LogP contribution in [0, 0.1) is 10.1 Å². The third-order valence-electron chi connectivity index (χ3n) is 3.05. The molecular formula is C14H10ClF3N4O4. The highest BCUT2D eigenvalue weighted by Crippen LogP contribution is 2.36. The van der Waals surface area contributed by atoms with E-state index in [9.17, 15) is 28.4 Å². The summed E-state index contributed by atoms with van der Waals surface area (Å²) in [5.41, 5.74) is 0.891. The van der Waals surface area contributed by atoms with Gasteiger partial charge in [0.1, 0.15) is 0 Å². The van der Waals surface area contributed by atoms with E-state index in [4.69, 9.17) is 16.3 Å². The summed E-state index contributed by atoms with van der Waals surface area (Å²) in [6.45, 7) is 0. The second kappa shape index (κ2) is 7.44. The third kappa shape index (κ3) is 4.30. The molecule has 26 heavy (non-hydrogen) atoms. The lowest BCUT2D eigenvalue weighted by Crippen LogP contribution is -2.06. The van der Waals surface area contributed by atoms with Gasteiger partial charge < -0.3 is 9.84 Å². The molecule has 2 N–H and O–H groups in total. The number of nitrogens with one attached hydrogen (secondary N) is 1. The first-order valence-corrected chi connectivity index (χ1v) is 7.08. The number of nitro groups is 1. The number of pyridine rings is 1. The average molecular weight is 391 g/mol. The highest BCUT2D eigenvalue weighted by Gasteiger charge is 2.31. The van der Waals surface area contributed by atoms with Crippen LogP contribution in [0.2, 0.25) is 5.02 Å². The van der Waals surface area contributed by atoms with Crippen molar-refractivity contribution in [2.45, 2.75) is 6.18 Å². The first-order valence-electron chi connectivity index (χ1n) is 6.70. The highest BCUT2D eigenvalue weighted by atomic mass is 35.5. The second-order valence-electron chi connectivity index (χ2n) is 4.77. The van der Waals surface area contributed by atoms with Crippen LogP contribution in [0.4, 0.5) is 24.7 Å². The minimum Gasteiger partial charge on any atom is -0.500 e. The van der Waals surface area contributed by atoms with Crippen molar-refractivity contribution in [3.05, 3.63) is 50.7 Å². The normalized spacial score (nSPS) is 11.6. The molecule has 138 valence electrons. The Kier molecular flexibility index (Phi) is 5.50. The van der Waals surface area contributed by atoms with Gasteiger partial charge in [-0.1, -0.05) is 11.6 Å². The lowest BCUT2D eigenvalue weighted by atomic mass is 10.2. The van der Waals surface area contributed by atoms with E-state index < -0.39 is 28.1 Å². The molecule has 1 aromatic heterocycles. The Morgan fingerprint density at radius 3 is 2.65 bits per heavy atom. The van der Waals surface area contributed by atoms with Gasteiger partial charge in [-0.3, -0.25) is 15.5 Å². The maximum absolute atomic E-state index is 12.5. The van der Waals surface area contributed by atoms with Crippen LogP contribution in [-0.2, 0) is 6.18 Å². The van der Waals surface area contributed by atoms with Gasteiger partial charge in [0.15, 0.2) is 11.6 Å². The average Bonchev–Trinajstić information content (AvgIpc) is 2.56. The van der Waals surface area contributed by atoms with E-state index in [2.05, 4.69) is 15.5 Å². The van der Waals surface area contributed by atoms with Crippen LogP contribution in [-0.4, -0.2) is 28.3 Å². The summed E-state index contributed by atoms with van der Waals surface area (Å²) in [7, 11) is 1.21. The van der Waals surface area contributed by atoms with E-state index >= 15 is 0 Å². The largest absolute Gasteiger partial charge is 0.500 e. The Balaban J connectivity index is 2.24. The van der Waals surface area contributed by atoms with Gasteiger partial charge in [-0.05, 0) is 12.1 Å². The molecule has 0 bridgehead atoms. The molecule has 0 saturated carbocycles. The Morgan fingerprint density at radius 2 is 2.12 bits per heavy atom. The molecule has 0 aliphatic rings. The van der Waals surface area contributed by atoms with Crippen LogP contribution >= 0.6 is 11.6 Å². The number of phenolic OH excluding ortho intramolecular Hbond substituents is 1. The van der Waals surface area contributed by atoms with Crippen molar-refractivity contribution in [1.82, 2.24) is 4.98 Å². The zero-order valence-electron chi connectivity index (χ0n) is 12.9. The van der Waals surface area contributed by atoms with Crippen molar-refractivity contribution in [2.24, 2.45) is 5.10 Å². The van der Waals surface area contributed by atoms with Crippen molar-refractivity contribution >= 4 is 29.3 Å². The molecule has 8 nitrogen and oxygen atoms in total. The van der Waals surface area contributed by atoms with E-state index in [0.717, 1.165) is 12.3 Å². The number of halogens is 4. The minimum atomic E-state index is -4.58. The predicted octanol–water partition coefficient (Wildman–Crippen LogP) is 3.82. The number of anilines is 1. The number of hydrazone groups is 1. The Hall–Kier alpha value is -3.08. The first kappa shape index (κ1) is 19.2. The molecule has 1 aromatic carbocycles. The van der Waals surface area contributed by atoms with Crippen molar-refractivity contribution in [1.29, 1.82) is 0 Å².